The number of benzene rings is 1. The van der Waals surface area contributed by atoms with Crippen LogP contribution in [0.2, 0.25) is 0 Å². The van der Waals surface area contributed by atoms with Gasteiger partial charge in [-0.15, -0.1) is 0 Å². The van der Waals surface area contributed by atoms with E-state index in [1.54, 1.807) is 6.07 Å². The largest absolute Gasteiger partial charge is 0.387 e. The third-order valence-corrected chi connectivity index (χ3v) is 2.62. The van der Waals surface area contributed by atoms with Crippen LogP contribution in [-0.2, 0) is 0 Å². The normalized spacial score (nSPS) is 11.9. The summed E-state index contributed by atoms with van der Waals surface area (Å²) in [5.74, 6) is 0.228. The standard InChI is InChI=1S/C11H14BrFN2/c1-3-4-11(14)15-10-6-9(13)8(12)5-7(10)2/h5-6H,3-4H2,1-2H3,(H2,14,15). The molecule has 15 heavy (non-hydrogen) atoms. The van der Waals surface area contributed by atoms with Gasteiger partial charge in [-0.1, -0.05) is 6.92 Å². The molecule has 0 fully saturated rings. The van der Waals surface area contributed by atoms with E-state index in [0.29, 0.717) is 16.0 Å². The Bertz CT molecular complexity index is 388. The fourth-order valence-corrected chi connectivity index (χ4v) is 1.68. The average molecular weight is 273 g/mol. The van der Waals surface area contributed by atoms with Crippen molar-refractivity contribution in [2.75, 3.05) is 0 Å². The summed E-state index contributed by atoms with van der Waals surface area (Å²) >= 11 is 3.12. The summed E-state index contributed by atoms with van der Waals surface area (Å²) in [7, 11) is 0. The second-order valence-electron chi connectivity index (χ2n) is 3.41. The minimum absolute atomic E-state index is 0.316. The summed E-state index contributed by atoms with van der Waals surface area (Å²) in [4.78, 5) is 4.18. The Labute approximate surface area is 97.5 Å². The van der Waals surface area contributed by atoms with Crippen LogP contribution in [0.4, 0.5) is 10.1 Å². The first kappa shape index (κ1) is 12.2. The van der Waals surface area contributed by atoms with Gasteiger partial charge < -0.3 is 5.73 Å². The molecule has 0 amide bonds. The molecule has 0 saturated heterocycles. The summed E-state index contributed by atoms with van der Waals surface area (Å²) in [5, 5.41) is 0. The molecule has 0 aromatic heterocycles. The van der Waals surface area contributed by atoms with Crippen LogP contribution >= 0.6 is 15.9 Å². The summed E-state index contributed by atoms with van der Waals surface area (Å²) in [6.07, 6.45) is 1.67. The van der Waals surface area contributed by atoms with Gasteiger partial charge in [0.2, 0.25) is 0 Å². The minimum atomic E-state index is -0.316. The molecule has 0 bridgehead atoms. The van der Waals surface area contributed by atoms with E-state index in [0.717, 1.165) is 18.4 Å². The molecule has 2 N–H and O–H groups in total. The van der Waals surface area contributed by atoms with Gasteiger partial charge in [0.15, 0.2) is 0 Å². The molecular formula is C11H14BrFN2. The van der Waals surface area contributed by atoms with Gasteiger partial charge >= 0.3 is 0 Å². The summed E-state index contributed by atoms with van der Waals surface area (Å²) < 4.78 is 13.7. The topological polar surface area (TPSA) is 38.4 Å². The highest BCUT2D eigenvalue weighted by Gasteiger charge is 2.04. The van der Waals surface area contributed by atoms with Crippen molar-refractivity contribution < 1.29 is 4.39 Å². The van der Waals surface area contributed by atoms with E-state index in [1.165, 1.54) is 6.07 Å². The molecule has 82 valence electrons. The zero-order valence-corrected chi connectivity index (χ0v) is 10.4. The molecule has 4 heteroatoms. The lowest BCUT2D eigenvalue weighted by Crippen LogP contribution is -2.10. The minimum Gasteiger partial charge on any atom is -0.387 e. The summed E-state index contributed by atoms with van der Waals surface area (Å²) in [6.45, 7) is 3.90. The first-order valence-corrected chi connectivity index (χ1v) is 5.62. The SMILES string of the molecule is CCCC(N)=Nc1cc(F)c(Br)cc1C. The number of amidine groups is 1. The number of halogens is 2. The molecular weight excluding hydrogens is 259 g/mol. The van der Waals surface area contributed by atoms with Crippen LogP contribution in [0.25, 0.3) is 0 Å². The second-order valence-corrected chi connectivity index (χ2v) is 4.26. The smallest absolute Gasteiger partial charge is 0.139 e. The molecule has 0 aliphatic carbocycles. The fraction of sp³-hybridized carbons (Fsp3) is 0.364. The highest BCUT2D eigenvalue weighted by molar-refractivity contribution is 9.10. The van der Waals surface area contributed by atoms with Crippen LogP contribution in [0.15, 0.2) is 21.6 Å². The second kappa shape index (κ2) is 5.26. The van der Waals surface area contributed by atoms with Gasteiger partial charge in [0, 0.05) is 12.5 Å². The number of hydrogen-bond acceptors (Lipinski definition) is 1. The Morgan fingerprint density at radius 3 is 2.80 bits per heavy atom. The third kappa shape index (κ3) is 3.30. The van der Waals surface area contributed by atoms with Crippen LogP contribution in [-0.4, -0.2) is 5.84 Å². The summed E-state index contributed by atoms with van der Waals surface area (Å²) in [5.41, 5.74) is 7.19. The molecule has 0 heterocycles. The van der Waals surface area contributed by atoms with E-state index in [2.05, 4.69) is 20.9 Å². The van der Waals surface area contributed by atoms with E-state index in [1.807, 2.05) is 13.8 Å². The lowest BCUT2D eigenvalue weighted by Gasteiger charge is -2.04. The van der Waals surface area contributed by atoms with Crippen LogP contribution in [0.1, 0.15) is 25.3 Å². The highest BCUT2D eigenvalue weighted by atomic mass is 79.9. The van der Waals surface area contributed by atoms with Crippen LogP contribution < -0.4 is 5.73 Å². The van der Waals surface area contributed by atoms with E-state index in [9.17, 15) is 4.39 Å². The Hall–Kier alpha value is -0.900. The number of rotatable bonds is 3. The van der Waals surface area contributed by atoms with Gasteiger partial charge in [-0.25, -0.2) is 9.38 Å². The van der Waals surface area contributed by atoms with Crippen molar-refractivity contribution in [1.29, 1.82) is 0 Å². The molecule has 1 aromatic rings. The quantitative estimate of drug-likeness (QED) is 0.662. The van der Waals surface area contributed by atoms with Crippen molar-refractivity contribution in [3.8, 4) is 0 Å². The van der Waals surface area contributed by atoms with Gasteiger partial charge in [-0.3, -0.25) is 0 Å². The monoisotopic (exact) mass is 272 g/mol. The van der Waals surface area contributed by atoms with Crippen molar-refractivity contribution in [1.82, 2.24) is 0 Å². The molecule has 0 unspecified atom stereocenters. The maximum atomic E-state index is 13.2. The van der Waals surface area contributed by atoms with Gasteiger partial charge in [0.25, 0.3) is 0 Å². The lowest BCUT2D eigenvalue weighted by atomic mass is 10.2. The highest BCUT2D eigenvalue weighted by Crippen LogP contribution is 2.26. The number of nitrogens with two attached hydrogens (primary N) is 1. The molecule has 1 aromatic carbocycles. The van der Waals surface area contributed by atoms with E-state index >= 15 is 0 Å². The molecule has 0 aliphatic rings. The fourth-order valence-electron chi connectivity index (χ4n) is 1.22. The van der Waals surface area contributed by atoms with Crippen molar-refractivity contribution in [3.05, 3.63) is 28.0 Å². The maximum Gasteiger partial charge on any atom is 0.139 e. The van der Waals surface area contributed by atoms with Gasteiger partial charge in [-0.2, -0.15) is 0 Å². The zero-order chi connectivity index (χ0) is 11.4. The van der Waals surface area contributed by atoms with Crippen molar-refractivity contribution in [2.45, 2.75) is 26.7 Å². The summed E-state index contributed by atoms with van der Waals surface area (Å²) in [6, 6.07) is 3.09. The van der Waals surface area contributed by atoms with E-state index < -0.39 is 0 Å². The zero-order valence-electron chi connectivity index (χ0n) is 8.85. The number of aliphatic imine (C=N–C) groups is 1. The first-order chi connectivity index (χ1) is 7.04. The number of hydrogen-bond donors (Lipinski definition) is 1. The Morgan fingerprint density at radius 2 is 2.20 bits per heavy atom. The molecule has 0 atom stereocenters. The van der Waals surface area contributed by atoms with E-state index in [-0.39, 0.29) is 5.82 Å². The average Bonchev–Trinajstić information content (AvgIpc) is 2.14. The number of aryl methyl sites for hydroxylation is 1. The van der Waals surface area contributed by atoms with Crippen molar-refractivity contribution in [3.63, 3.8) is 0 Å². The molecule has 1 rings (SSSR count). The first-order valence-electron chi connectivity index (χ1n) is 4.83. The van der Waals surface area contributed by atoms with Crippen LogP contribution in [0, 0.1) is 12.7 Å². The predicted molar refractivity (Wildman–Crippen MR) is 65.0 cm³/mol. The lowest BCUT2D eigenvalue weighted by molar-refractivity contribution is 0.621. The van der Waals surface area contributed by atoms with Gasteiger partial charge in [0.05, 0.1) is 16.0 Å². The predicted octanol–water partition coefficient (Wildman–Crippen LogP) is 3.69. The van der Waals surface area contributed by atoms with Crippen molar-refractivity contribution in [2.24, 2.45) is 10.7 Å². The Morgan fingerprint density at radius 1 is 1.53 bits per heavy atom. The number of nitrogens with zero attached hydrogens (tertiary/aromatic N) is 1. The maximum absolute atomic E-state index is 13.2. The van der Waals surface area contributed by atoms with Gasteiger partial charge in [0.1, 0.15) is 5.82 Å². The molecule has 0 spiro atoms. The molecule has 0 aliphatic heterocycles. The van der Waals surface area contributed by atoms with Crippen LogP contribution in [0.5, 0.6) is 0 Å². The molecule has 0 radical (unpaired) electrons. The van der Waals surface area contributed by atoms with Gasteiger partial charge in [-0.05, 0) is 40.9 Å². The van der Waals surface area contributed by atoms with Crippen LogP contribution in [0.3, 0.4) is 0 Å². The van der Waals surface area contributed by atoms with Crippen molar-refractivity contribution >= 4 is 27.5 Å². The molecule has 0 saturated carbocycles. The molecule has 2 nitrogen and oxygen atoms in total. The van der Waals surface area contributed by atoms with E-state index in [4.69, 9.17) is 5.73 Å². The Kier molecular flexibility index (Phi) is 4.27. The third-order valence-electron chi connectivity index (χ3n) is 2.01. The Balaban J connectivity index is 3.05.